The van der Waals surface area contributed by atoms with Gasteiger partial charge in [-0.3, -0.25) is 4.79 Å². The lowest BCUT2D eigenvalue weighted by Crippen LogP contribution is -1.99. The van der Waals surface area contributed by atoms with Gasteiger partial charge in [-0.05, 0) is 12.8 Å². The number of hydrogen-bond acceptors (Lipinski definition) is 3. The minimum Gasteiger partial charge on any atom is -0.483 e. The SMILES string of the molecule is Cn1cncc1-c1nccn1C1CC1.O=CO. The average molecular weight is 234 g/mol. The fraction of sp³-hybridized carbons (Fsp3) is 0.364. The second-order valence-electron chi connectivity index (χ2n) is 3.88. The Bertz CT molecular complexity index is 499. The van der Waals surface area contributed by atoms with E-state index in [0.717, 1.165) is 11.5 Å². The van der Waals surface area contributed by atoms with E-state index < -0.39 is 0 Å². The normalized spacial score (nSPS) is 13.9. The Morgan fingerprint density at radius 1 is 1.53 bits per heavy atom. The summed E-state index contributed by atoms with van der Waals surface area (Å²) in [5, 5.41) is 6.89. The fourth-order valence-electron chi connectivity index (χ4n) is 1.73. The number of aromatic nitrogens is 4. The van der Waals surface area contributed by atoms with Crippen LogP contribution in [0.5, 0.6) is 0 Å². The van der Waals surface area contributed by atoms with Crippen molar-refractivity contribution in [3.05, 3.63) is 24.9 Å². The molecule has 0 aliphatic heterocycles. The predicted molar refractivity (Wildman–Crippen MR) is 61.4 cm³/mol. The molecule has 0 spiro atoms. The average Bonchev–Trinajstić information content (AvgIpc) is 2.87. The molecule has 0 unspecified atom stereocenters. The molecule has 1 fully saturated rings. The molecule has 3 rings (SSSR count). The second-order valence-corrected chi connectivity index (χ2v) is 3.88. The van der Waals surface area contributed by atoms with Crippen LogP contribution in [0.15, 0.2) is 24.9 Å². The fourth-order valence-corrected chi connectivity index (χ4v) is 1.73. The van der Waals surface area contributed by atoms with Crippen LogP contribution in [0.25, 0.3) is 11.5 Å². The Kier molecular flexibility index (Phi) is 3.22. The summed E-state index contributed by atoms with van der Waals surface area (Å²) in [6.07, 6.45) is 10.1. The zero-order valence-corrected chi connectivity index (χ0v) is 9.52. The molecular formula is C11H14N4O2. The molecule has 17 heavy (non-hydrogen) atoms. The van der Waals surface area contributed by atoms with Gasteiger partial charge in [-0.25, -0.2) is 9.97 Å². The van der Waals surface area contributed by atoms with Gasteiger partial charge >= 0.3 is 0 Å². The summed E-state index contributed by atoms with van der Waals surface area (Å²) < 4.78 is 4.25. The Morgan fingerprint density at radius 3 is 2.76 bits per heavy atom. The number of rotatable bonds is 2. The third kappa shape index (κ3) is 2.35. The van der Waals surface area contributed by atoms with Crippen LogP contribution >= 0.6 is 0 Å². The minimum absolute atomic E-state index is 0.250. The molecule has 0 atom stereocenters. The van der Waals surface area contributed by atoms with Crippen LogP contribution in [-0.4, -0.2) is 30.7 Å². The van der Waals surface area contributed by atoms with Crippen molar-refractivity contribution in [2.24, 2.45) is 7.05 Å². The number of imidazole rings is 2. The van der Waals surface area contributed by atoms with Crippen LogP contribution in [-0.2, 0) is 11.8 Å². The van der Waals surface area contributed by atoms with Crippen molar-refractivity contribution in [3.63, 3.8) is 0 Å². The topological polar surface area (TPSA) is 72.9 Å². The van der Waals surface area contributed by atoms with Gasteiger partial charge in [0.25, 0.3) is 6.47 Å². The molecule has 1 saturated carbocycles. The second kappa shape index (κ2) is 4.82. The zero-order valence-electron chi connectivity index (χ0n) is 9.52. The van der Waals surface area contributed by atoms with E-state index in [1.165, 1.54) is 12.8 Å². The standard InChI is InChI=1S/C10H12N4.CH2O2/c1-13-7-11-6-9(13)10-12-4-5-14(10)8-2-3-8;2-1-3/h4-8H,2-3H2,1H3;1H,(H,2,3). The van der Waals surface area contributed by atoms with Crippen LogP contribution in [0.2, 0.25) is 0 Å². The third-order valence-electron chi connectivity index (χ3n) is 2.65. The number of carbonyl (C=O) groups is 1. The summed E-state index contributed by atoms with van der Waals surface area (Å²) in [6, 6.07) is 0.669. The van der Waals surface area contributed by atoms with Gasteiger partial charge in [-0.15, -0.1) is 0 Å². The van der Waals surface area contributed by atoms with Gasteiger partial charge in [-0.2, -0.15) is 0 Å². The van der Waals surface area contributed by atoms with Crippen molar-refractivity contribution in [3.8, 4) is 11.5 Å². The van der Waals surface area contributed by atoms with Gasteiger partial charge in [0, 0.05) is 25.5 Å². The first-order valence-corrected chi connectivity index (χ1v) is 5.35. The molecule has 2 heterocycles. The summed E-state index contributed by atoms with van der Waals surface area (Å²) in [7, 11) is 1.99. The van der Waals surface area contributed by atoms with Gasteiger partial charge in [0.15, 0.2) is 5.82 Å². The predicted octanol–water partition coefficient (Wildman–Crippen LogP) is 1.32. The molecule has 0 saturated heterocycles. The van der Waals surface area contributed by atoms with Gasteiger partial charge in [0.05, 0.1) is 12.5 Å². The van der Waals surface area contributed by atoms with Crippen LogP contribution < -0.4 is 0 Å². The molecule has 0 amide bonds. The first-order chi connectivity index (χ1) is 8.27. The summed E-state index contributed by atoms with van der Waals surface area (Å²) in [5.41, 5.74) is 1.09. The Balaban J connectivity index is 0.000000329. The van der Waals surface area contributed by atoms with E-state index in [9.17, 15) is 0 Å². The van der Waals surface area contributed by atoms with E-state index in [2.05, 4.69) is 20.7 Å². The van der Waals surface area contributed by atoms with E-state index >= 15 is 0 Å². The molecular weight excluding hydrogens is 220 g/mol. The molecule has 1 N–H and O–H groups in total. The van der Waals surface area contributed by atoms with Crippen molar-refractivity contribution in [2.45, 2.75) is 18.9 Å². The molecule has 0 aromatic carbocycles. The Morgan fingerprint density at radius 2 is 2.24 bits per heavy atom. The van der Waals surface area contributed by atoms with E-state index in [4.69, 9.17) is 9.90 Å². The molecule has 0 bridgehead atoms. The first kappa shape index (κ1) is 11.4. The summed E-state index contributed by atoms with van der Waals surface area (Å²) in [4.78, 5) is 16.9. The maximum Gasteiger partial charge on any atom is 0.290 e. The van der Waals surface area contributed by atoms with E-state index in [0.29, 0.717) is 6.04 Å². The lowest BCUT2D eigenvalue weighted by molar-refractivity contribution is -0.122. The lowest BCUT2D eigenvalue weighted by atomic mass is 10.4. The number of aryl methyl sites for hydroxylation is 1. The summed E-state index contributed by atoms with van der Waals surface area (Å²) >= 11 is 0. The Labute approximate surface area is 98.5 Å². The molecule has 6 nitrogen and oxygen atoms in total. The van der Waals surface area contributed by atoms with Crippen molar-refractivity contribution >= 4 is 6.47 Å². The van der Waals surface area contributed by atoms with E-state index in [1.54, 1.807) is 6.33 Å². The quantitative estimate of drug-likeness (QED) is 0.795. The monoisotopic (exact) mass is 234 g/mol. The van der Waals surface area contributed by atoms with E-state index in [-0.39, 0.29) is 6.47 Å². The number of hydrogen-bond donors (Lipinski definition) is 1. The highest BCUT2D eigenvalue weighted by atomic mass is 16.3. The van der Waals surface area contributed by atoms with Crippen molar-refractivity contribution in [2.75, 3.05) is 0 Å². The van der Waals surface area contributed by atoms with E-state index in [1.807, 2.05) is 24.0 Å². The van der Waals surface area contributed by atoms with Gasteiger partial charge < -0.3 is 14.2 Å². The highest BCUT2D eigenvalue weighted by Crippen LogP contribution is 2.37. The first-order valence-electron chi connectivity index (χ1n) is 5.35. The molecule has 0 radical (unpaired) electrons. The van der Waals surface area contributed by atoms with Crippen LogP contribution in [0.4, 0.5) is 0 Å². The van der Waals surface area contributed by atoms with Gasteiger partial charge in [-0.1, -0.05) is 0 Å². The highest BCUT2D eigenvalue weighted by Gasteiger charge is 2.26. The smallest absolute Gasteiger partial charge is 0.290 e. The van der Waals surface area contributed by atoms with Gasteiger partial charge in [0.1, 0.15) is 5.69 Å². The Hall–Kier alpha value is -2.11. The summed E-state index contributed by atoms with van der Waals surface area (Å²) in [6.45, 7) is -0.250. The van der Waals surface area contributed by atoms with Crippen LogP contribution in [0.3, 0.4) is 0 Å². The molecule has 1 aliphatic rings. The third-order valence-corrected chi connectivity index (χ3v) is 2.65. The molecule has 90 valence electrons. The zero-order chi connectivity index (χ0) is 12.3. The lowest BCUT2D eigenvalue weighted by Gasteiger charge is -2.05. The number of nitrogens with zero attached hydrogens (tertiary/aromatic N) is 4. The van der Waals surface area contributed by atoms with Crippen molar-refractivity contribution < 1.29 is 9.90 Å². The van der Waals surface area contributed by atoms with Crippen molar-refractivity contribution in [1.29, 1.82) is 0 Å². The largest absolute Gasteiger partial charge is 0.483 e. The van der Waals surface area contributed by atoms with Crippen LogP contribution in [0.1, 0.15) is 18.9 Å². The molecule has 1 aliphatic carbocycles. The van der Waals surface area contributed by atoms with Gasteiger partial charge in [0.2, 0.25) is 0 Å². The maximum atomic E-state index is 8.36. The molecule has 2 aromatic heterocycles. The molecule has 2 aromatic rings. The summed E-state index contributed by atoms with van der Waals surface area (Å²) in [5.74, 6) is 1.03. The van der Waals surface area contributed by atoms with Crippen molar-refractivity contribution in [1.82, 2.24) is 19.1 Å². The van der Waals surface area contributed by atoms with Crippen LogP contribution in [0, 0.1) is 0 Å². The molecule has 6 heteroatoms. The minimum atomic E-state index is -0.250. The highest BCUT2D eigenvalue weighted by molar-refractivity contribution is 5.49. The number of carboxylic acid groups (broad SMARTS) is 1. The maximum absolute atomic E-state index is 8.36.